The third-order valence-corrected chi connectivity index (χ3v) is 3.12. The van der Waals surface area contributed by atoms with Crippen molar-refractivity contribution in [3.8, 4) is 11.5 Å². The Labute approximate surface area is 113 Å². The Balaban J connectivity index is 2.37. The molecule has 1 aromatic rings. The van der Waals surface area contributed by atoms with Crippen molar-refractivity contribution in [1.29, 1.82) is 0 Å². The van der Waals surface area contributed by atoms with Gasteiger partial charge in [-0.15, -0.1) is 13.2 Å². The summed E-state index contributed by atoms with van der Waals surface area (Å²) in [5, 5.41) is 10.2. The maximum atomic E-state index is 12.4. The fraction of sp³-hybridized carbons (Fsp3) is 0.462. The van der Waals surface area contributed by atoms with Gasteiger partial charge in [-0.25, -0.2) is 0 Å². The van der Waals surface area contributed by atoms with Gasteiger partial charge < -0.3 is 14.6 Å². The van der Waals surface area contributed by atoms with Gasteiger partial charge >= 0.3 is 12.3 Å². The normalized spacial score (nSPS) is 17.2. The van der Waals surface area contributed by atoms with Crippen molar-refractivity contribution >= 4 is 5.97 Å². The standard InChI is InChI=1S/C13H13F3O4/c1-8(17)19-9-3-4-10(12(18)5-2-6-12)11(7-9)20-13(14,15)16/h3-4,7,18H,2,5-6H2,1H3. The molecule has 0 heterocycles. The largest absolute Gasteiger partial charge is 0.573 e. The highest BCUT2D eigenvalue weighted by molar-refractivity contribution is 5.69. The molecule has 20 heavy (non-hydrogen) atoms. The fourth-order valence-electron chi connectivity index (χ4n) is 2.11. The Morgan fingerprint density at radius 2 is 2.00 bits per heavy atom. The molecule has 0 bridgehead atoms. The number of rotatable bonds is 3. The van der Waals surface area contributed by atoms with Crippen LogP contribution >= 0.6 is 0 Å². The number of hydrogen-bond donors (Lipinski definition) is 1. The molecule has 0 spiro atoms. The molecule has 7 heteroatoms. The van der Waals surface area contributed by atoms with E-state index in [1.165, 1.54) is 12.1 Å². The van der Waals surface area contributed by atoms with Gasteiger partial charge in [0.05, 0.1) is 5.60 Å². The first-order valence-corrected chi connectivity index (χ1v) is 6.01. The molecule has 2 rings (SSSR count). The second-order valence-electron chi connectivity index (χ2n) is 4.68. The number of halogens is 3. The Hall–Kier alpha value is -1.76. The van der Waals surface area contributed by atoms with Crippen LogP contribution in [0, 0.1) is 0 Å². The number of hydrogen-bond acceptors (Lipinski definition) is 4. The van der Waals surface area contributed by atoms with E-state index in [4.69, 9.17) is 4.74 Å². The third-order valence-electron chi connectivity index (χ3n) is 3.12. The Morgan fingerprint density at radius 3 is 2.45 bits per heavy atom. The van der Waals surface area contributed by atoms with Crippen LogP contribution in [0.4, 0.5) is 13.2 Å². The number of carbonyl (C=O) groups is 1. The van der Waals surface area contributed by atoms with Crippen LogP contribution in [0.3, 0.4) is 0 Å². The molecular weight excluding hydrogens is 277 g/mol. The topological polar surface area (TPSA) is 55.8 Å². The first-order valence-electron chi connectivity index (χ1n) is 6.01. The molecule has 0 radical (unpaired) electrons. The Bertz CT molecular complexity index is 521. The minimum atomic E-state index is -4.89. The summed E-state index contributed by atoms with van der Waals surface area (Å²) in [4.78, 5) is 10.8. The molecule has 1 fully saturated rings. The Morgan fingerprint density at radius 1 is 1.35 bits per heavy atom. The van der Waals surface area contributed by atoms with E-state index in [2.05, 4.69) is 4.74 Å². The Kier molecular flexibility index (Phi) is 3.64. The first kappa shape index (κ1) is 14.6. The van der Waals surface area contributed by atoms with E-state index in [0.29, 0.717) is 12.8 Å². The molecule has 1 aliphatic carbocycles. The predicted octanol–water partition coefficient (Wildman–Crippen LogP) is 2.88. The van der Waals surface area contributed by atoms with Crippen molar-refractivity contribution in [2.75, 3.05) is 0 Å². The fourth-order valence-corrected chi connectivity index (χ4v) is 2.11. The van der Waals surface area contributed by atoms with E-state index in [0.717, 1.165) is 19.4 Å². The van der Waals surface area contributed by atoms with Gasteiger partial charge in [-0.05, 0) is 31.4 Å². The van der Waals surface area contributed by atoms with E-state index >= 15 is 0 Å². The van der Waals surface area contributed by atoms with Gasteiger partial charge in [0, 0.05) is 18.6 Å². The number of aliphatic hydroxyl groups is 1. The molecule has 1 aromatic carbocycles. The van der Waals surface area contributed by atoms with Gasteiger partial charge in [-0.2, -0.15) is 0 Å². The number of carbonyl (C=O) groups excluding carboxylic acids is 1. The SMILES string of the molecule is CC(=O)Oc1ccc(C2(O)CCC2)c(OC(F)(F)F)c1. The molecule has 0 amide bonds. The van der Waals surface area contributed by atoms with Crippen molar-refractivity contribution in [3.63, 3.8) is 0 Å². The molecule has 0 aromatic heterocycles. The maximum absolute atomic E-state index is 12.4. The van der Waals surface area contributed by atoms with Crippen molar-refractivity contribution in [2.24, 2.45) is 0 Å². The second-order valence-corrected chi connectivity index (χ2v) is 4.68. The monoisotopic (exact) mass is 290 g/mol. The van der Waals surface area contributed by atoms with Gasteiger partial charge in [-0.1, -0.05) is 0 Å². The van der Waals surface area contributed by atoms with Gasteiger partial charge in [-0.3, -0.25) is 4.79 Å². The molecule has 0 saturated heterocycles. The number of esters is 1. The van der Waals surface area contributed by atoms with E-state index < -0.39 is 23.7 Å². The molecule has 1 saturated carbocycles. The molecule has 1 N–H and O–H groups in total. The third kappa shape index (κ3) is 3.22. The first-order chi connectivity index (χ1) is 9.20. The highest BCUT2D eigenvalue weighted by atomic mass is 19.4. The molecule has 0 unspecified atom stereocenters. The number of ether oxygens (including phenoxy) is 2. The van der Waals surface area contributed by atoms with Crippen molar-refractivity contribution in [3.05, 3.63) is 23.8 Å². The number of benzene rings is 1. The zero-order valence-electron chi connectivity index (χ0n) is 10.7. The lowest BCUT2D eigenvalue weighted by Gasteiger charge is -2.38. The molecule has 110 valence electrons. The lowest BCUT2D eigenvalue weighted by atomic mass is 9.75. The minimum absolute atomic E-state index is 0.0528. The van der Waals surface area contributed by atoms with Gasteiger partial charge in [0.2, 0.25) is 0 Å². The quantitative estimate of drug-likeness (QED) is 0.687. The molecule has 1 aliphatic rings. The second kappa shape index (κ2) is 4.97. The van der Waals surface area contributed by atoms with E-state index in [9.17, 15) is 23.1 Å². The van der Waals surface area contributed by atoms with E-state index in [-0.39, 0.29) is 11.3 Å². The minimum Gasteiger partial charge on any atom is -0.427 e. The summed E-state index contributed by atoms with van der Waals surface area (Å²) < 4.78 is 45.9. The zero-order chi connectivity index (χ0) is 15.0. The van der Waals surface area contributed by atoms with Crippen LogP contribution in [-0.2, 0) is 10.4 Å². The van der Waals surface area contributed by atoms with Crippen LogP contribution in [-0.4, -0.2) is 17.4 Å². The van der Waals surface area contributed by atoms with Crippen molar-refractivity contribution in [1.82, 2.24) is 0 Å². The van der Waals surface area contributed by atoms with Crippen LogP contribution < -0.4 is 9.47 Å². The van der Waals surface area contributed by atoms with E-state index in [1.807, 2.05) is 0 Å². The van der Waals surface area contributed by atoms with Crippen molar-refractivity contribution in [2.45, 2.75) is 38.1 Å². The lowest BCUT2D eigenvalue weighted by molar-refractivity contribution is -0.275. The van der Waals surface area contributed by atoms with Crippen LogP contribution in [0.25, 0.3) is 0 Å². The van der Waals surface area contributed by atoms with Gasteiger partial charge in [0.15, 0.2) is 0 Å². The summed E-state index contributed by atoms with van der Waals surface area (Å²) in [6.45, 7) is 1.14. The average Bonchev–Trinajstić information content (AvgIpc) is 2.23. The summed E-state index contributed by atoms with van der Waals surface area (Å²) in [5.74, 6) is -1.26. The predicted molar refractivity (Wildman–Crippen MR) is 62.2 cm³/mol. The summed E-state index contributed by atoms with van der Waals surface area (Å²) in [6.07, 6.45) is -3.42. The summed E-state index contributed by atoms with van der Waals surface area (Å²) in [6, 6.07) is 3.58. The highest BCUT2D eigenvalue weighted by Gasteiger charge is 2.41. The smallest absolute Gasteiger partial charge is 0.427 e. The molecule has 0 atom stereocenters. The molecule has 4 nitrogen and oxygen atoms in total. The maximum Gasteiger partial charge on any atom is 0.573 e. The molecular formula is C13H13F3O4. The highest BCUT2D eigenvalue weighted by Crippen LogP contribution is 2.46. The van der Waals surface area contributed by atoms with Crippen molar-refractivity contribution < 1.29 is 32.5 Å². The summed E-state index contributed by atoms with van der Waals surface area (Å²) >= 11 is 0. The van der Waals surface area contributed by atoms with Gasteiger partial charge in [0.1, 0.15) is 11.5 Å². The lowest BCUT2D eigenvalue weighted by Crippen LogP contribution is -2.34. The van der Waals surface area contributed by atoms with Crippen LogP contribution in [0.1, 0.15) is 31.7 Å². The zero-order valence-corrected chi connectivity index (χ0v) is 10.7. The van der Waals surface area contributed by atoms with Gasteiger partial charge in [0.25, 0.3) is 0 Å². The summed E-state index contributed by atoms with van der Waals surface area (Å²) in [5.41, 5.74) is -1.26. The van der Waals surface area contributed by atoms with Crippen LogP contribution in [0.2, 0.25) is 0 Å². The average molecular weight is 290 g/mol. The van der Waals surface area contributed by atoms with Crippen LogP contribution in [0.15, 0.2) is 18.2 Å². The van der Waals surface area contributed by atoms with E-state index in [1.54, 1.807) is 0 Å². The molecule has 0 aliphatic heterocycles. The van der Waals surface area contributed by atoms with Crippen LogP contribution in [0.5, 0.6) is 11.5 Å². The summed E-state index contributed by atoms with van der Waals surface area (Å²) in [7, 11) is 0. The number of alkyl halides is 3.